The molecule has 0 unspecified atom stereocenters. The van der Waals surface area contributed by atoms with E-state index in [0.29, 0.717) is 22.2 Å². The molecule has 0 aliphatic heterocycles. The first-order chi connectivity index (χ1) is 13.1. The molecule has 0 radical (unpaired) electrons. The Morgan fingerprint density at radius 3 is 2.44 bits per heavy atom. The predicted octanol–water partition coefficient (Wildman–Crippen LogP) is 6.68. The zero-order chi connectivity index (χ0) is 19.2. The topological polar surface area (TPSA) is 44.9 Å². The van der Waals surface area contributed by atoms with Crippen molar-refractivity contribution >= 4 is 34.0 Å². The summed E-state index contributed by atoms with van der Waals surface area (Å²) in [5, 5.41) is 5.24. The first-order valence-corrected chi connectivity index (χ1v) is 10.2. The fourth-order valence-corrected chi connectivity index (χ4v) is 3.84. The number of rotatable bonds is 9. The molecule has 1 heterocycles. The Balaban J connectivity index is 1.97. The van der Waals surface area contributed by atoms with Gasteiger partial charge in [0.25, 0.3) is 0 Å². The Labute approximate surface area is 166 Å². The van der Waals surface area contributed by atoms with Crippen molar-refractivity contribution in [2.75, 3.05) is 11.9 Å². The maximum atomic E-state index is 13.1. The Morgan fingerprint density at radius 2 is 1.78 bits per heavy atom. The molecule has 2 N–H and O–H groups in total. The van der Waals surface area contributed by atoms with Gasteiger partial charge in [0, 0.05) is 28.0 Å². The summed E-state index contributed by atoms with van der Waals surface area (Å²) in [6.07, 6.45) is 4.73. The molecule has 3 nitrogen and oxygen atoms in total. The summed E-state index contributed by atoms with van der Waals surface area (Å²) in [5.41, 5.74) is 3.04. The van der Waals surface area contributed by atoms with E-state index in [9.17, 15) is 4.79 Å². The molecule has 4 heteroatoms. The number of halogens is 1. The van der Waals surface area contributed by atoms with Crippen molar-refractivity contribution < 1.29 is 4.79 Å². The van der Waals surface area contributed by atoms with Crippen LogP contribution in [-0.2, 0) is 0 Å². The zero-order valence-corrected chi connectivity index (χ0v) is 16.8. The van der Waals surface area contributed by atoms with E-state index in [0.717, 1.165) is 23.1 Å². The number of carbonyl (C=O) groups excluding carboxylic acids is 1. The molecule has 0 saturated carbocycles. The molecule has 0 saturated heterocycles. The summed E-state index contributed by atoms with van der Waals surface area (Å²) in [7, 11) is 0. The van der Waals surface area contributed by atoms with Gasteiger partial charge < -0.3 is 10.3 Å². The van der Waals surface area contributed by atoms with Crippen LogP contribution in [0.1, 0.15) is 55.6 Å². The number of fused-ring (bicyclic) bond motifs is 1. The molecule has 0 aliphatic rings. The summed E-state index contributed by atoms with van der Waals surface area (Å²) < 4.78 is 0. The maximum absolute atomic E-state index is 13.1. The van der Waals surface area contributed by atoms with Crippen LogP contribution in [0.15, 0.2) is 48.5 Å². The second-order valence-corrected chi connectivity index (χ2v) is 7.52. The van der Waals surface area contributed by atoms with Crippen molar-refractivity contribution in [1.82, 2.24) is 4.98 Å². The Bertz CT molecular complexity index is 895. The average molecular weight is 383 g/mol. The molecule has 0 atom stereocenters. The Morgan fingerprint density at radius 1 is 1.07 bits per heavy atom. The van der Waals surface area contributed by atoms with Gasteiger partial charge in [-0.05, 0) is 37.0 Å². The number of anilines is 1. The highest BCUT2D eigenvalue weighted by atomic mass is 35.5. The van der Waals surface area contributed by atoms with Gasteiger partial charge in [0.1, 0.15) is 5.69 Å². The number of ketones is 1. The first-order valence-electron chi connectivity index (χ1n) is 9.78. The molecule has 3 rings (SSSR count). The van der Waals surface area contributed by atoms with Crippen LogP contribution in [0.4, 0.5) is 5.69 Å². The summed E-state index contributed by atoms with van der Waals surface area (Å²) in [5.74, 6) is 0.602. The lowest BCUT2D eigenvalue weighted by molar-refractivity contribution is 0.103. The maximum Gasteiger partial charge on any atom is 0.211 e. The fourth-order valence-electron chi connectivity index (χ4n) is 3.67. The molecule has 0 fully saturated rings. The molecule has 0 amide bonds. The third kappa shape index (κ3) is 4.54. The van der Waals surface area contributed by atoms with Gasteiger partial charge >= 0.3 is 0 Å². The van der Waals surface area contributed by atoms with Gasteiger partial charge in [0.05, 0.1) is 5.69 Å². The summed E-state index contributed by atoms with van der Waals surface area (Å²) in [4.78, 5) is 16.4. The molecular weight excluding hydrogens is 356 g/mol. The molecule has 27 heavy (non-hydrogen) atoms. The van der Waals surface area contributed by atoms with Gasteiger partial charge in [-0.1, -0.05) is 68.6 Å². The van der Waals surface area contributed by atoms with Crippen molar-refractivity contribution in [3.05, 3.63) is 64.8 Å². The molecule has 0 spiro atoms. The zero-order valence-electron chi connectivity index (χ0n) is 16.0. The van der Waals surface area contributed by atoms with Crippen molar-refractivity contribution in [3.8, 4) is 0 Å². The number of hydrogen-bond donors (Lipinski definition) is 2. The molecule has 0 bridgehead atoms. The van der Waals surface area contributed by atoms with Crippen molar-refractivity contribution in [2.45, 2.75) is 39.5 Å². The fraction of sp³-hybridized carbons (Fsp3) is 0.348. The van der Waals surface area contributed by atoms with Crippen LogP contribution >= 0.6 is 11.6 Å². The van der Waals surface area contributed by atoms with E-state index in [1.165, 1.54) is 25.7 Å². The van der Waals surface area contributed by atoms with E-state index in [-0.39, 0.29) is 5.78 Å². The minimum atomic E-state index is -0.00652. The van der Waals surface area contributed by atoms with Gasteiger partial charge in [0.2, 0.25) is 5.78 Å². The van der Waals surface area contributed by atoms with Crippen molar-refractivity contribution in [3.63, 3.8) is 0 Å². The summed E-state index contributed by atoms with van der Waals surface area (Å²) in [6, 6.07) is 15.1. The van der Waals surface area contributed by atoms with Crippen LogP contribution in [0, 0.1) is 5.92 Å². The van der Waals surface area contributed by atoms with Gasteiger partial charge in [-0.2, -0.15) is 0 Å². The molecule has 1 aromatic heterocycles. The van der Waals surface area contributed by atoms with Crippen LogP contribution in [-0.4, -0.2) is 17.3 Å². The van der Waals surface area contributed by atoms with Crippen LogP contribution in [0.2, 0.25) is 5.02 Å². The first kappa shape index (κ1) is 19.5. The third-order valence-electron chi connectivity index (χ3n) is 4.99. The molecule has 0 aliphatic carbocycles. The van der Waals surface area contributed by atoms with Gasteiger partial charge in [-0.3, -0.25) is 4.79 Å². The lowest BCUT2D eigenvalue weighted by atomic mass is 9.98. The standard InChI is InChI=1S/C23H27ClN2O/c1-3-8-16(9-4-2)15-25-21-19-13-12-18(24)14-20(19)26-22(21)23(27)17-10-6-5-7-11-17/h5-7,10-14,16,25-26H,3-4,8-9,15H2,1-2H3. The van der Waals surface area contributed by atoms with E-state index >= 15 is 0 Å². The minimum absolute atomic E-state index is 0.00652. The largest absolute Gasteiger partial charge is 0.382 e. The van der Waals surface area contributed by atoms with Crippen LogP contribution in [0.5, 0.6) is 0 Å². The van der Waals surface area contributed by atoms with Crippen molar-refractivity contribution in [1.29, 1.82) is 0 Å². The highest BCUT2D eigenvalue weighted by molar-refractivity contribution is 6.31. The number of aromatic nitrogens is 1. The average Bonchev–Trinajstić information content (AvgIpc) is 3.04. The van der Waals surface area contributed by atoms with Crippen molar-refractivity contribution in [2.24, 2.45) is 5.92 Å². The number of nitrogens with one attached hydrogen (secondary N) is 2. The van der Waals surface area contributed by atoms with Gasteiger partial charge in [-0.25, -0.2) is 0 Å². The van der Waals surface area contributed by atoms with Crippen LogP contribution in [0.3, 0.4) is 0 Å². The van der Waals surface area contributed by atoms with E-state index in [4.69, 9.17) is 11.6 Å². The molecule has 3 aromatic rings. The minimum Gasteiger partial charge on any atom is -0.382 e. The predicted molar refractivity (Wildman–Crippen MR) is 115 cm³/mol. The van der Waals surface area contributed by atoms with Gasteiger partial charge in [0.15, 0.2) is 0 Å². The number of benzene rings is 2. The van der Waals surface area contributed by atoms with E-state index < -0.39 is 0 Å². The van der Waals surface area contributed by atoms with E-state index in [2.05, 4.69) is 24.1 Å². The number of hydrogen-bond acceptors (Lipinski definition) is 2. The number of aromatic amines is 1. The second kappa shape index (κ2) is 9.09. The Kier molecular flexibility index (Phi) is 6.57. The molecule has 142 valence electrons. The number of carbonyl (C=O) groups is 1. The quantitative estimate of drug-likeness (QED) is 0.405. The summed E-state index contributed by atoms with van der Waals surface area (Å²) >= 11 is 6.16. The van der Waals surface area contributed by atoms with E-state index in [1.54, 1.807) is 0 Å². The van der Waals surface area contributed by atoms with Crippen LogP contribution < -0.4 is 5.32 Å². The number of H-pyrrole nitrogens is 1. The SMILES string of the molecule is CCCC(CCC)CNc1c(C(=O)c2ccccc2)[nH]c2cc(Cl)ccc12. The third-order valence-corrected chi connectivity index (χ3v) is 5.22. The second-order valence-electron chi connectivity index (χ2n) is 7.08. The Hall–Kier alpha value is -2.26. The van der Waals surface area contributed by atoms with E-state index in [1.807, 2.05) is 48.5 Å². The normalized spacial score (nSPS) is 11.3. The smallest absolute Gasteiger partial charge is 0.211 e. The lowest BCUT2D eigenvalue weighted by Crippen LogP contribution is -2.16. The van der Waals surface area contributed by atoms with Gasteiger partial charge in [-0.15, -0.1) is 0 Å². The summed E-state index contributed by atoms with van der Waals surface area (Å²) in [6.45, 7) is 5.31. The van der Waals surface area contributed by atoms with Crippen LogP contribution in [0.25, 0.3) is 10.9 Å². The highest BCUT2D eigenvalue weighted by Gasteiger charge is 2.20. The molecular formula is C23H27ClN2O. The monoisotopic (exact) mass is 382 g/mol. The molecule has 2 aromatic carbocycles. The highest BCUT2D eigenvalue weighted by Crippen LogP contribution is 2.32. The lowest BCUT2D eigenvalue weighted by Gasteiger charge is -2.17.